The molecule has 11 nitrogen and oxygen atoms in total. The molecule has 0 unspecified atom stereocenters. The number of likely N-dealkylation sites (tertiary alicyclic amines) is 1. The maximum atomic E-state index is 14.0. The Hall–Kier alpha value is -4.91. The summed E-state index contributed by atoms with van der Waals surface area (Å²) < 4.78 is 36.5. The molecule has 52 heavy (non-hydrogen) atoms. The summed E-state index contributed by atoms with van der Waals surface area (Å²) in [7, 11) is 1.65. The van der Waals surface area contributed by atoms with Gasteiger partial charge in [-0.25, -0.2) is 18.7 Å². The molecule has 3 aliphatic carbocycles. The summed E-state index contributed by atoms with van der Waals surface area (Å²) in [6.45, 7) is 3.20. The fraction of sp³-hybridized carbons (Fsp3) is 0.462. The second kappa shape index (κ2) is 12.6. The van der Waals surface area contributed by atoms with Gasteiger partial charge in [0.2, 0.25) is 0 Å². The molecular weight excluding hydrogens is 666 g/mol. The lowest BCUT2D eigenvalue weighted by molar-refractivity contribution is 0.0603. The van der Waals surface area contributed by atoms with Crippen molar-refractivity contribution in [2.24, 2.45) is 17.6 Å². The van der Waals surface area contributed by atoms with E-state index in [1.165, 1.54) is 12.3 Å². The van der Waals surface area contributed by atoms with Crippen LogP contribution in [0.25, 0.3) is 33.6 Å². The van der Waals surface area contributed by atoms with Gasteiger partial charge in [-0.05, 0) is 106 Å². The number of imidazole rings is 1. The number of rotatable bonds is 10. The van der Waals surface area contributed by atoms with Gasteiger partial charge in [-0.15, -0.1) is 0 Å². The van der Waals surface area contributed by atoms with E-state index in [9.17, 15) is 18.4 Å². The number of benzene rings is 1. The van der Waals surface area contributed by atoms with Crippen LogP contribution in [-0.4, -0.2) is 66.5 Å². The summed E-state index contributed by atoms with van der Waals surface area (Å²) in [6, 6.07) is 12.4. The fourth-order valence-corrected chi connectivity index (χ4v) is 8.28. The number of pyridine rings is 2. The largest absolute Gasteiger partial charge is 0.494 e. The number of amides is 2. The minimum atomic E-state index is -2.70. The van der Waals surface area contributed by atoms with Crippen LogP contribution in [0.5, 0.6) is 5.75 Å². The number of aromatic nitrogens is 5. The molecule has 270 valence electrons. The van der Waals surface area contributed by atoms with Gasteiger partial charge in [0.1, 0.15) is 22.6 Å². The van der Waals surface area contributed by atoms with Gasteiger partial charge in [0, 0.05) is 48.4 Å². The van der Waals surface area contributed by atoms with Crippen LogP contribution in [0.15, 0.2) is 48.7 Å². The van der Waals surface area contributed by atoms with E-state index in [2.05, 4.69) is 25.5 Å². The average Bonchev–Trinajstić information content (AvgIpc) is 4.06. The zero-order chi connectivity index (χ0) is 35.8. The number of nitrogens with two attached hydrogens (primary N) is 1. The quantitative estimate of drug-likeness (QED) is 0.167. The number of fused-ring (bicyclic) bond motifs is 4. The topological polar surface area (TPSA) is 133 Å². The van der Waals surface area contributed by atoms with E-state index >= 15 is 0 Å². The molecule has 4 atom stereocenters. The molecule has 13 heteroatoms. The van der Waals surface area contributed by atoms with E-state index in [-0.39, 0.29) is 35.3 Å². The van der Waals surface area contributed by atoms with Crippen LogP contribution in [0.2, 0.25) is 0 Å². The van der Waals surface area contributed by atoms with Crippen molar-refractivity contribution in [2.75, 3.05) is 13.7 Å². The molecule has 1 aliphatic heterocycles. The van der Waals surface area contributed by atoms with Crippen molar-refractivity contribution >= 4 is 33.9 Å². The Labute approximate surface area is 299 Å². The zero-order valence-electron chi connectivity index (χ0n) is 29.3. The maximum Gasteiger partial charge on any atom is 0.280 e. The van der Waals surface area contributed by atoms with Crippen molar-refractivity contribution in [3.63, 3.8) is 0 Å². The van der Waals surface area contributed by atoms with E-state index in [1.807, 2.05) is 36.1 Å². The van der Waals surface area contributed by atoms with Gasteiger partial charge in [-0.2, -0.15) is 0 Å². The van der Waals surface area contributed by atoms with E-state index in [0.29, 0.717) is 35.4 Å². The predicted octanol–water partition coefficient (Wildman–Crippen LogP) is 6.58. The average molecular weight is 709 g/mol. The first-order valence-corrected chi connectivity index (χ1v) is 18.4. The number of methoxy groups -OCH3 is 1. The van der Waals surface area contributed by atoms with Gasteiger partial charge < -0.3 is 29.8 Å². The predicted molar refractivity (Wildman–Crippen MR) is 191 cm³/mol. The highest BCUT2D eigenvalue weighted by Crippen LogP contribution is 2.46. The minimum absolute atomic E-state index is 0.000491. The van der Waals surface area contributed by atoms with E-state index in [4.69, 9.17) is 20.4 Å². The van der Waals surface area contributed by atoms with Crippen molar-refractivity contribution in [3.8, 4) is 17.3 Å². The van der Waals surface area contributed by atoms with Crippen molar-refractivity contribution < 1.29 is 23.1 Å². The molecule has 1 aromatic carbocycles. The third-order valence-electron chi connectivity index (χ3n) is 11.5. The number of carbonyl (C=O) groups excluding carboxylic acids is 2. The Balaban J connectivity index is 1.09. The van der Waals surface area contributed by atoms with Crippen LogP contribution in [0, 0.1) is 11.8 Å². The minimum Gasteiger partial charge on any atom is -0.494 e. The van der Waals surface area contributed by atoms with Crippen LogP contribution in [0.3, 0.4) is 0 Å². The molecule has 9 rings (SSSR count). The lowest BCUT2D eigenvalue weighted by Gasteiger charge is -2.37. The first-order chi connectivity index (χ1) is 25.2. The summed E-state index contributed by atoms with van der Waals surface area (Å²) in [5.74, 6) is 2.04. The molecule has 2 bridgehead atoms. The number of ether oxygens (including phenoxy) is 1. The van der Waals surface area contributed by atoms with Gasteiger partial charge in [-0.1, -0.05) is 0 Å². The monoisotopic (exact) mass is 708 g/mol. The van der Waals surface area contributed by atoms with E-state index in [0.717, 1.165) is 91.1 Å². The second-order valence-electron chi connectivity index (χ2n) is 15.1. The molecule has 0 radical (unpaired) electrons. The first-order valence-electron chi connectivity index (χ1n) is 18.4. The van der Waals surface area contributed by atoms with Crippen LogP contribution in [0.1, 0.15) is 102 Å². The van der Waals surface area contributed by atoms with Crippen LogP contribution >= 0.6 is 0 Å². The summed E-state index contributed by atoms with van der Waals surface area (Å²) in [5, 5.41) is 3.90. The van der Waals surface area contributed by atoms with E-state index < -0.39 is 18.4 Å². The van der Waals surface area contributed by atoms with E-state index in [1.54, 1.807) is 7.11 Å². The Morgan fingerprint density at radius 2 is 1.77 bits per heavy atom. The number of piperidine rings is 1. The number of hydrogen-bond acceptors (Lipinski definition) is 7. The number of nitrogens with zero attached hydrogens (tertiary/aromatic N) is 6. The first kappa shape index (κ1) is 33.0. The van der Waals surface area contributed by atoms with Crippen molar-refractivity contribution in [1.82, 2.24) is 34.3 Å². The summed E-state index contributed by atoms with van der Waals surface area (Å²) in [5.41, 5.74) is 10.9. The molecule has 4 aliphatic rings. The Morgan fingerprint density at radius 3 is 2.48 bits per heavy atom. The highest BCUT2D eigenvalue weighted by atomic mass is 19.3. The third-order valence-corrected chi connectivity index (χ3v) is 11.5. The van der Waals surface area contributed by atoms with Gasteiger partial charge in [0.05, 0.1) is 35.6 Å². The normalized spacial score (nSPS) is 22.0. The maximum absolute atomic E-state index is 14.0. The zero-order valence-corrected chi connectivity index (χ0v) is 29.3. The molecule has 3 saturated carbocycles. The summed E-state index contributed by atoms with van der Waals surface area (Å²) >= 11 is 0. The third kappa shape index (κ3) is 5.79. The number of nitrogens with one attached hydrogen (secondary N) is 1. The summed E-state index contributed by atoms with van der Waals surface area (Å²) in [6.07, 6.45) is 5.84. The highest BCUT2D eigenvalue weighted by Gasteiger charge is 2.41. The van der Waals surface area contributed by atoms with Crippen molar-refractivity contribution in [2.45, 2.75) is 89.0 Å². The van der Waals surface area contributed by atoms with Gasteiger partial charge >= 0.3 is 0 Å². The Morgan fingerprint density at radius 1 is 0.981 bits per heavy atom. The molecular formula is C39H42F2N8O3. The lowest BCUT2D eigenvalue weighted by atomic mass is 9.94. The SMILES string of the molecule is COc1cc(C(=O)N2C[C@H](N)[C@H]3CC[C@@H]2C3)cc2nc(-c3cc4ccc([C@@H](C)NC(=O)c5ccc(C(F)F)nc5)nc4n3CC3CC3)n(C3CC3)c12. The smallest absolute Gasteiger partial charge is 0.280 e. The molecule has 3 N–H and O–H groups in total. The van der Waals surface area contributed by atoms with Crippen LogP contribution in [-0.2, 0) is 6.54 Å². The van der Waals surface area contributed by atoms with Crippen molar-refractivity contribution in [1.29, 1.82) is 0 Å². The highest BCUT2D eigenvalue weighted by molar-refractivity contribution is 6.00. The molecule has 5 aromatic rings. The number of hydrogen-bond donors (Lipinski definition) is 2. The lowest BCUT2D eigenvalue weighted by Crippen LogP contribution is -2.51. The number of carbonyl (C=O) groups is 2. The van der Waals surface area contributed by atoms with Crippen molar-refractivity contribution in [3.05, 3.63) is 71.2 Å². The van der Waals surface area contributed by atoms with Crippen LogP contribution < -0.4 is 15.8 Å². The standard InChI is InChI=1S/C39H42F2N8O3/c1-20(44-38(50)24-7-12-30(35(40)41)43-17-24)29-11-6-23-15-32(48(36(23)45-29)18-21-3-4-21)37-46-31-14-25(16-33(52-2)34(31)49(37)26-9-10-26)39(51)47-19-28(42)22-5-8-27(47)13-22/h6-7,11-12,14-17,20-22,26-28,35H,3-5,8-10,13,18-19,42H2,1-2H3,(H,44,50)/t20-,22+,27-,28+/m1/s1. The number of alkyl halides is 2. The van der Waals surface area contributed by atoms with Gasteiger partial charge in [0.15, 0.2) is 5.82 Å². The van der Waals surface area contributed by atoms with Crippen LogP contribution in [0.4, 0.5) is 8.78 Å². The Kier molecular flexibility index (Phi) is 8.01. The molecule has 4 fully saturated rings. The molecule has 5 heterocycles. The molecule has 2 amide bonds. The number of halogens is 2. The molecule has 0 spiro atoms. The summed E-state index contributed by atoms with van der Waals surface area (Å²) in [4.78, 5) is 43.1. The Bertz CT molecular complexity index is 2210. The van der Waals surface area contributed by atoms with Gasteiger partial charge in [0.25, 0.3) is 18.2 Å². The second-order valence-corrected chi connectivity index (χ2v) is 15.1. The van der Waals surface area contributed by atoms with Gasteiger partial charge in [-0.3, -0.25) is 14.6 Å². The fourth-order valence-electron chi connectivity index (χ4n) is 8.28. The molecule has 4 aromatic heterocycles. The molecule has 1 saturated heterocycles.